The molecule has 78 valence electrons. The molecule has 1 aromatic rings. The van der Waals surface area contributed by atoms with Crippen LogP contribution in [0.1, 0.15) is 11.4 Å². The van der Waals surface area contributed by atoms with Gasteiger partial charge in [0.1, 0.15) is 4.66 Å². The number of halogens is 1. The molecule has 2 rings (SSSR count). The highest BCUT2D eigenvalue weighted by molar-refractivity contribution is 9.10. The second-order valence-corrected chi connectivity index (χ2v) is 6.40. The fourth-order valence-electron chi connectivity index (χ4n) is 1.49. The van der Waals surface area contributed by atoms with Crippen LogP contribution in [0.15, 0.2) is 6.33 Å². The van der Waals surface area contributed by atoms with E-state index in [1.807, 2.05) is 0 Å². The van der Waals surface area contributed by atoms with E-state index < -0.39 is 10.0 Å². The number of sulfonamides is 1. The molecule has 0 amide bonds. The number of fused-ring (bicyclic) bond motifs is 1. The maximum Gasteiger partial charge on any atom is 0.224 e. The minimum atomic E-state index is -3.14. The molecule has 14 heavy (non-hydrogen) atoms. The van der Waals surface area contributed by atoms with Crippen LogP contribution in [0.4, 0.5) is 0 Å². The zero-order valence-electron chi connectivity index (χ0n) is 7.40. The predicted octanol–water partition coefficient (Wildman–Crippen LogP) is 0.450. The first kappa shape index (κ1) is 10.1. The number of aromatic nitrogens is 2. The van der Waals surface area contributed by atoms with E-state index >= 15 is 0 Å². The second-order valence-electron chi connectivity index (χ2n) is 3.13. The maximum absolute atomic E-state index is 11.5. The molecule has 0 saturated heterocycles. The highest BCUT2D eigenvalue weighted by Crippen LogP contribution is 2.18. The lowest BCUT2D eigenvalue weighted by Crippen LogP contribution is -2.36. The standard InChI is InChI=1S/C7H10BrN3O2S/c8-4-14(12,13)11-2-1-6-7(3-11)10-5-9-6/h5H,1-4H2,(H,9,10). The van der Waals surface area contributed by atoms with Crippen molar-refractivity contribution in [1.29, 1.82) is 0 Å². The Balaban J connectivity index is 2.23. The van der Waals surface area contributed by atoms with E-state index in [-0.39, 0.29) is 4.66 Å². The van der Waals surface area contributed by atoms with Gasteiger partial charge in [0.05, 0.1) is 24.3 Å². The van der Waals surface area contributed by atoms with Crippen LogP contribution in [0.3, 0.4) is 0 Å². The highest BCUT2D eigenvalue weighted by Gasteiger charge is 2.26. The monoisotopic (exact) mass is 279 g/mol. The molecule has 0 unspecified atom stereocenters. The van der Waals surface area contributed by atoms with Crippen LogP contribution < -0.4 is 0 Å². The molecule has 7 heteroatoms. The maximum atomic E-state index is 11.5. The van der Waals surface area contributed by atoms with Crippen LogP contribution >= 0.6 is 15.9 Å². The molecule has 1 aromatic heterocycles. The van der Waals surface area contributed by atoms with Gasteiger partial charge in [0.25, 0.3) is 0 Å². The van der Waals surface area contributed by atoms with Gasteiger partial charge < -0.3 is 4.98 Å². The molecule has 0 aliphatic carbocycles. The molecule has 0 spiro atoms. The largest absolute Gasteiger partial charge is 0.347 e. The minimum Gasteiger partial charge on any atom is -0.347 e. The van der Waals surface area contributed by atoms with Crippen LogP contribution in [-0.4, -0.2) is 33.9 Å². The molecule has 0 atom stereocenters. The fraction of sp³-hybridized carbons (Fsp3) is 0.571. The number of rotatable bonds is 2. The van der Waals surface area contributed by atoms with E-state index in [1.54, 1.807) is 6.33 Å². The second kappa shape index (κ2) is 3.63. The molecule has 0 fully saturated rings. The average Bonchev–Trinajstić information content (AvgIpc) is 2.64. The zero-order valence-corrected chi connectivity index (χ0v) is 9.81. The van der Waals surface area contributed by atoms with E-state index in [0.717, 1.165) is 11.4 Å². The van der Waals surface area contributed by atoms with E-state index in [1.165, 1.54) is 4.31 Å². The number of hydrogen-bond donors (Lipinski definition) is 1. The normalized spacial score (nSPS) is 18.1. The van der Waals surface area contributed by atoms with Gasteiger partial charge in [-0.15, -0.1) is 0 Å². The number of nitrogens with zero attached hydrogens (tertiary/aromatic N) is 2. The molecule has 1 N–H and O–H groups in total. The number of H-pyrrole nitrogens is 1. The third kappa shape index (κ3) is 1.71. The summed E-state index contributed by atoms with van der Waals surface area (Å²) in [5.41, 5.74) is 1.88. The lowest BCUT2D eigenvalue weighted by molar-refractivity contribution is 0.388. The topological polar surface area (TPSA) is 66.1 Å². The van der Waals surface area contributed by atoms with Crippen molar-refractivity contribution in [2.24, 2.45) is 0 Å². The third-order valence-electron chi connectivity index (χ3n) is 2.27. The number of nitrogens with one attached hydrogen (secondary N) is 1. The van der Waals surface area contributed by atoms with E-state index in [9.17, 15) is 8.42 Å². The van der Waals surface area contributed by atoms with Crippen LogP contribution in [0.5, 0.6) is 0 Å². The van der Waals surface area contributed by atoms with E-state index in [2.05, 4.69) is 25.9 Å². The Morgan fingerprint density at radius 3 is 3.14 bits per heavy atom. The molecule has 1 aliphatic heterocycles. The van der Waals surface area contributed by atoms with Gasteiger partial charge in [-0.3, -0.25) is 0 Å². The first-order valence-electron chi connectivity index (χ1n) is 4.18. The molecule has 5 nitrogen and oxygen atoms in total. The number of aromatic amines is 1. The average molecular weight is 280 g/mol. The van der Waals surface area contributed by atoms with Gasteiger partial charge in [-0.25, -0.2) is 13.4 Å². The zero-order chi connectivity index (χ0) is 10.2. The summed E-state index contributed by atoms with van der Waals surface area (Å²) in [5, 5.41) is 0. The van der Waals surface area contributed by atoms with Crippen LogP contribution in [0.25, 0.3) is 0 Å². The predicted molar refractivity (Wildman–Crippen MR) is 55.4 cm³/mol. The molecular formula is C7H10BrN3O2S. The third-order valence-corrected chi connectivity index (χ3v) is 5.38. The Labute approximate surface area is 90.7 Å². The minimum absolute atomic E-state index is 0.0243. The first-order chi connectivity index (χ1) is 6.63. The Morgan fingerprint density at radius 1 is 1.64 bits per heavy atom. The van der Waals surface area contributed by atoms with Gasteiger partial charge >= 0.3 is 0 Å². The van der Waals surface area contributed by atoms with Crippen molar-refractivity contribution in [3.05, 3.63) is 17.7 Å². The summed E-state index contributed by atoms with van der Waals surface area (Å²) in [5.74, 6) is 0. The molecule has 0 radical (unpaired) electrons. The Hall–Kier alpha value is -0.400. The molecule has 2 heterocycles. The summed E-state index contributed by atoms with van der Waals surface area (Å²) in [6.45, 7) is 0.926. The van der Waals surface area contributed by atoms with Crippen molar-refractivity contribution < 1.29 is 8.42 Å². The Morgan fingerprint density at radius 2 is 2.43 bits per heavy atom. The lowest BCUT2D eigenvalue weighted by atomic mass is 10.2. The van der Waals surface area contributed by atoms with Gasteiger partial charge in [0.2, 0.25) is 10.0 Å². The summed E-state index contributed by atoms with van der Waals surface area (Å²) in [6.07, 6.45) is 2.29. The summed E-state index contributed by atoms with van der Waals surface area (Å²) < 4.78 is 24.5. The SMILES string of the molecule is O=S(=O)(CBr)N1CCc2nc[nH]c2C1. The molecule has 0 aromatic carbocycles. The van der Waals surface area contributed by atoms with Gasteiger partial charge in [0.15, 0.2) is 0 Å². The number of hydrogen-bond acceptors (Lipinski definition) is 3. The molecule has 0 bridgehead atoms. The van der Waals surface area contributed by atoms with Gasteiger partial charge in [-0.05, 0) is 0 Å². The number of imidazole rings is 1. The van der Waals surface area contributed by atoms with Crippen molar-refractivity contribution in [1.82, 2.24) is 14.3 Å². The van der Waals surface area contributed by atoms with Gasteiger partial charge in [-0.1, -0.05) is 15.9 Å². The lowest BCUT2D eigenvalue weighted by Gasteiger charge is -2.24. The van der Waals surface area contributed by atoms with Crippen molar-refractivity contribution in [3.8, 4) is 0 Å². The summed E-state index contributed by atoms with van der Waals surface area (Å²) in [6, 6.07) is 0. The Bertz CT molecular complexity index is 428. The Kier molecular flexibility index (Phi) is 2.63. The van der Waals surface area contributed by atoms with Gasteiger partial charge in [-0.2, -0.15) is 4.31 Å². The summed E-state index contributed by atoms with van der Waals surface area (Å²) >= 11 is 2.98. The summed E-state index contributed by atoms with van der Waals surface area (Å²) in [4.78, 5) is 7.06. The quantitative estimate of drug-likeness (QED) is 0.800. The van der Waals surface area contributed by atoms with Crippen LogP contribution in [0, 0.1) is 0 Å². The van der Waals surface area contributed by atoms with Crippen molar-refractivity contribution in [2.75, 3.05) is 11.2 Å². The smallest absolute Gasteiger partial charge is 0.224 e. The fourth-order valence-corrected chi connectivity index (χ4v) is 3.20. The van der Waals surface area contributed by atoms with Gasteiger partial charge in [0, 0.05) is 13.0 Å². The molecule has 1 aliphatic rings. The van der Waals surface area contributed by atoms with Crippen molar-refractivity contribution in [2.45, 2.75) is 13.0 Å². The molecular weight excluding hydrogens is 270 g/mol. The van der Waals surface area contributed by atoms with Crippen molar-refractivity contribution in [3.63, 3.8) is 0 Å². The van der Waals surface area contributed by atoms with E-state index in [4.69, 9.17) is 0 Å². The first-order valence-corrected chi connectivity index (χ1v) is 6.91. The van der Waals surface area contributed by atoms with Crippen LogP contribution in [0.2, 0.25) is 0 Å². The number of alkyl halides is 1. The van der Waals surface area contributed by atoms with E-state index in [0.29, 0.717) is 19.5 Å². The van der Waals surface area contributed by atoms with Crippen LogP contribution in [-0.2, 0) is 23.0 Å². The highest BCUT2D eigenvalue weighted by atomic mass is 79.9. The summed E-state index contributed by atoms with van der Waals surface area (Å²) in [7, 11) is -3.14. The van der Waals surface area contributed by atoms with Crippen molar-refractivity contribution >= 4 is 26.0 Å². The molecule has 0 saturated carbocycles.